The van der Waals surface area contributed by atoms with Crippen molar-refractivity contribution in [3.63, 3.8) is 0 Å². The molecule has 0 saturated heterocycles. The Bertz CT molecular complexity index is 954. The standard InChI is InChI=1S/C19H11F8NO2/c20-14-3-4-16(15(21)10-14)30-6-2-1-5-28-17(29)11-7-12(18(22,23)24)9-13(8-11)19(25,26)27/h3-4,7-10H,5-6H2,(H,28,29). The van der Waals surface area contributed by atoms with E-state index < -0.39 is 53.1 Å². The molecule has 30 heavy (non-hydrogen) atoms. The van der Waals surface area contributed by atoms with Crippen LogP contribution in [-0.2, 0) is 12.4 Å². The largest absolute Gasteiger partial charge is 0.478 e. The van der Waals surface area contributed by atoms with E-state index in [-0.39, 0.29) is 18.4 Å². The first-order valence-electron chi connectivity index (χ1n) is 7.99. The molecule has 0 atom stereocenters. The van der Waals surface area contributed by atoms with Crippen molar-refractivity contribution in [2.24, 2.45) is 0 Å². The maximum Gasteiger partial charge on any atom is 0.416 e. The maximum atomic E-state index is 13.3. The van der Waals surface area contributed by atoms with E-state index in [4.69, 9.17) is 4.74 Å². The van der Waals surface area contributed by atoms with Crippen molar-refractivity contribution < 1.29 is 44.7 Å². The van der Waals surface area contributed by atoms with Crippen LogP contribution >= 0.6 is 0 Å². The number of hydrogen-bond acceptors (Lipinski definition) is 2. The van der Waals surface area contributed by atoms with E-state index in [0.717, 1.165) is 12.1 Å². The summed E-state index contributed by atoms with van der Waals surface area (Å²) in [6.45, 7) is -0.786. The molecule has 0 unspecified atom stereocenters. The van der Waals surface area contributed by atoms with E-state index in [1.165, 1.54) is 0 Å². The van der Waals surface area contributed by atoms with Gasteiger partial charge >= 0.3 is 12.4 Å². The van der Waals surface area contributed by atoms with E-state index in [0.29, 0.717) is 18.2 Å². The average Bonchev–Trinajstić information content (AvgIpc) is 2.64. The summed E-state index contributed by atoms with van der Waals surface area (Å²) in [4.78, 5) is 11.9. The van der Waals surface area contributed by atoms with Gasteiger partial charge in [-0.1, -0.05) is 11.8 Å². The van der Waals surface area contributed by atoms with E-state index in [1.807, 2.05) is 5.32 Å². The number of hydrogen-bond donors (Lipinski definition) is 1. The molecule has 0 spiro atoms. The van der Waals surface area contributed by atoms with Gasteiger partial charge in [0.2, 0.25) is 0 Å². The fraction of sp³-hybridized carbons (Fsp3) is 0.211. The van der Waals surface area contributed by atoms with Crippen molar-refractivity contribution in [3.8, 4) is 17.6 Å². The van der Waals surface area contributed by atoms with Gasteiger partial charge in [-0.15, -0.1) is 0 Å². The molecule has 2 rings (SSSR count). The summed E-state index contributed by atoms with van der Waals surface area (Å²) in [5.74, 6) is 1.42. The van der Waals surface area contributed by atoms with Crippen LogP contribution in [0.1, 0.15) is 21.5 Å². The predicted molar refractivity (Wildman–Crippen MR) is 88.4 cm³/mol. The molecular formula is C19H11F8NO2. The number of rotatable bonds is 4. The van der Waals surface area contributed by atoms with Crippen LogP contribution in [-0.4, -0.2) is 19.1 Å². The van der Waals surface area contributed by atoms with Crippen molar-refractivity contribution in [2.45, 2.75) is 12.4 Å². The minimum absolute atomic E-state index is 0.0947. The second-order valence-corrected chi connectivity index (χ2v) is 5.69. The second-order valence-electron chi connectivity index (χ2n) is 5.69. The molecule has 0 aliphatic heterocycles. The zero-order chi connectivity index (χ0) is 22.5. The molecule has 0 aliphatic carbocycles. The lowest BCUT2D eigenvalue weighted by Crippen LogP contribution is -2.25. The fourth-order valence-electron chi connectivity index (χ4n) is 2.13. The highest BCUT2D eigenvalue weighted by Crippen LogP contribution is 2.36. The number of nitrogens with one attached hydrogen (secondary N) is 1. The van der Waals surface area contributed by atoms with Gasteiger partial charge in [0.25, 0.3) is 5.91 Å². The first-order valence-corrected chi connectivity index (χ1v) is 7.99. The molecule has 1 amide bonds. The molecule has 0 heterocycles. The molecule has 0 aromatic heterocycles. The van der Waals surface area contributed by atoms with Gasteiger partial charge in [-0.25, -0.2) is 8.78 Å². The number of carbonyl (C=O) groups is 1. The number of amides is 1. The zero-order valence-electron chi connectivity index (χ0n) is 14.7. The summed E-state index contributed by atoms with van der Waals surface area (Å²) < 4.78 is 108. The molecule has 3 nitrogen and oxygen atoms in total. The molecule has 0 radical (unpaired) electrons. The van der Waals surface area contributed by atoms with E-state index in [9.17, 15) is 39.9 Å². The Morgan fingerprint density at radius 1 is 0.900 bits per heavy atom. The molecule has 11 heteroatoms. The van der Waals surface area contributed by atoms with Gasteiger partial charge in [0.15, 0.2) is 11.6 Å². The van der Waals surface area contributed by atoms with Gasteiger partial charge in [-0.3, -0.25) is 4.79 Å². The minimum Gasteiger partial charge on any atom is -0.478 e. The Balaban J connectivity index is 2.00. The summed E-state index contributed by atoms with van der Waals surface area (Å²) >= 11 is 0. The van der Waals surface area contributed by atoms with Gasteiger partial charge in [0.1, 0.15) is 12.4 Å². The van der Waals surface area contributed by atoms with Crippen LogP contribution < -0.4 is 10.1 Å². The van der Waals surface area contributed by atoms with Crippen LogP contribution in [0, 0.1) is 23.5 Å². The highest BCUT2D eigenvalue weighted by Gasteiger charge is 2.37. The van der Waals surface area contributed by atoms with Gasteiger partial charge in [0.05, 0.1) is 17.7 Å². The molecule has 0 bridgehead atoms. The summed E-state index contributed by atoms with van der Waals surface area (Å²) in [7, 11) is 0. The van der Waals surface area contributed by atoms with Gasteiger partial charge in [-0.2, -0.15) is 26.3 Å². The monoisotopic (exact) mass is 437 g/mol. The third-order valence-electron chi connectivity index (χ3n) is 3.51. The fourth-order valence-corrected chi connectivity index (χ4v) is 2.13. The lowest BCUT2D eigenvalue weighted by atomic mass is 10.0. The van der Waals surface area contributed by atoms with E-state index in [1.54, 1.807) is 0 Å². The van der Waals surface area contributed by atoms with Gasteiger partial charge in [-0.05, 0) is 30.3 Å². The molecule has 2 aromatic rings. The smallest absolute Gasteiger partial charge is 0.416 e. The number of benzene rings is 2. The molecule has 0 fully saturated rings. The average molecular weight is 437 g/mol. The zero-order valence-corrected chi connectivity index (χ0v) is 14.7. The number of carbonyl (C=O) groups excluding carboxylic acids is 1. The number of ether oxygens (including phenoxy) is 1. The van der Waals surface area contributed by atoms with Crippen molar-refractivity contribution in [2.75, 3.05) is 13.2 Å². The minimum atomic E-state index is -5.08. The Hall–Kier alpha value is -3.29. The normalized spacial score (nSPS) is 11.5. The highest BCUT2D eigenvalue weighted by molar-refractivity contribution is 5.94. The lowest BCUT2D eigenvalue weighted by Gasteiger charge is -2.13. The summed E-state index contributed by atoms with van der Waals surface area (Å²) in [6.07, 6.45) is -10.2. The first-order chi connectivity index (χ1) is 13.9. The first kappa shape index (κ1) is 23.0. The topological polar surface area (TPSA) is 38.3 Å². The molecule has 0 saturated carbocycles. The SMILES string of the molecule is O=C(NCC#CCOc1ccc(F)cc1F)c1cc(C(F)(F)F)cc(C(F)(F)F)c1. The summed E-state index contributed by atoms with van der Waals surface area (Å²) in [6, 6.07) is 3.06. The van der Waals surface area contributed by atoms with Crippen LogP contribution in [0.2, 0.25) is 0 Å². The quantitative estimate of drug-likeness (QED) is 0.551. The molecule has 160 valence electrons. The van der Waals surface area contributed by atoms with Crippen LogP contribution in [0.3, 0.4) is 0 Å². The Kier molecular flexibility index (Phi) is 6.92. The van der Waals surface area contributed by atoms with Crippen molar-refractivity contribution >= 4 is 5.91 Å². The van der Waals surface area contributed by atoms with E-state index >= 15 is 0 Å². The summed E-state index contributed by atoms with van der Waals surface area (Å²) in [5, 5.41) is 2.05. The van der Waals surface area contributed by atoms with Gasteiger partial charge in [0, 0.05) is 11.6 Å². The maximum absolute atomic E-state index is 13.3. The molecule has 2 aromatic carbocycles. The van der Waals surface area contributed by atoms with Crippen molar-refractivity contribution in [1.82, 2.24) is 5.32 Å². The molecule has 1 N–H and O–H groups in total. The predicted octanol–water partition coefficient (Wildman–Crippen LogP) is 4.81. The third kappa shape index (κ3) is 6.37. The highest BCUT2D eigenvalue weighted by atomic mass is 19.4. The Morgan fingerprint density at radius 2 is 1.50 bits per heavy atom. The van der Waals surface area contributed by atoms with Gasteiger partial charge < -0.3 is 10.1 Å². The summed E-state index contributed by atoms with van der Waals surface area (Å²) in [5.41, 5.74) is -4.09. The van der Waals surface area contributed by atoms with Crippen LogP contribution in [0.25, 0.3) is 0 Å². The van der Waals surface area contributed by atoms with Crippen LogP contribution in [0.5, 0.6) is 5.75 Å². The Labute approximate surface area is 164 Å². The lowest BCUT2D eigenvalue weighted by molar-refractivity contribution is -0.143. The molecular weight excluding hydrogens is 426 g/mol. The van der Waals surface area contributed by atoms with E-state index in [2.05, 4.69) is 11.8 Å². The van der Waals surface area contributed by atoms with Crippen molar-refractivity contribution in [3.05, 3.63) is 64.7 Å². The van der Waals surface area contributed by atoms with Crippen LogP contribution in [0.15, 0.2) is 36.4 Å². The Morgan fingerprint density at radius 3 is 2.03 bits per heavy atom. The van der Waals surface area contributed by atoms with Crippen LogP contribution in [0.4, 0.5) is 35.1 Å². The second kappa shape index (κ2) is 9.02. The number of alkyl halides is 6. The number of halogens is 8. The molecule has 0 aliphatic rings. The van der Waals surface area contributed by atoms with Crippen molar-refractivity contribution in [1.29, 1.82) is 0 Å². The third-order valence-corrected chi connectivity index (χ3v) is 3.51.